The predicted octanol–water partition coefficient (Wildman–Crippen LogP) is 2.22. The monoisotopic (exact) mass is 264 g/mol. The topological polar surface area (TPSA) is 25.8 Å². The highest BCUT2D eigenvalue weighted by Crippen LogP contribution is 2.31. The second kappa shape index (κ2) is 5.27. The molecule has 92 valence electrons. The van der Waals surface area contributed by atoms with Crippen molar-refractivity contribution in [1.29, 1.82) is 0 Å². The zero-order chi connectivity index (χ0) is 13.1. The van der Waals surface area contributed by atoms with Crippen molar-refractivity contribution in [2.45, 2.75) is 6.42 Å². The van der Waals surface area contributed by atoms with Crippen molar-refractivity contribution in [3.05, 3.63) is 75.1 Å². The Bertz CT molecular complexity index is 775. The van der Waals surface area contributed by atoms with Crippen molar-refractivity contribution in [2.24, 2.45) is 0 Å². The minimum Gasteiger partial charge on any atom is -0.244 e. The summed E-state index contributed by atoms with van der Waals surface area (Å²) >= 11 is 1.66. The molecule has 1 aromatic rings. The van der Waals surface area contributed by atoms with Crippen molar-refractivity contribution in [1.82, 2.24) is 9.97 Å². The standard InChI is InChI=1S/C16H12N2S/c1-12-9-14-10-17-11-18-15(14)8-7-13-5-3-2-4-6-16(13)19-12/h2-3,5-6,8-11H,1,7H2/b14-9-,15-8+. The number of allylic oxidation sites excluding steroid dienone is 5. The SMILES string of the molecule is C=C1/C=c2/cncn/c2=C/CC2=C(C=C=CC=C2)S1. The van der Waals surface area contributed by atoms with E-state index in [0.717, 1.165) is 21.9 Å². The summed E-state index contributed by atoms with van der Waals surface area (Å²) < 4.78 is 0. The second-order valence-electron chi connectivity index (χ2n) is 4.21. The Labute approximate surface area is 116 Å². The Morgan fingerprint density at radius 2 is 2.32 bits per heavy atom. The van der Waals surface area contributed by atoms with Gasteiger partial charge >= 0.3 is 0 Å². The van der Waals surface area contributed by atoms with E-state index in [-0.39, 0.29) is 0 Å². The summed E-state index contributed by atoms with van der Waals surface area (Å²) in [5, 5.41) is 1.97. The van der Waals surface area contributed by atoms with Gasteiger partial charge in [0.25, 0.3) is 0 Å². The largest absolute Gasteiger partial charge is 0.244 e. The first-order valence-corrected chi connectivity index (χ1v) is 6.81. The van der Waals surface area contributed by atoms with Gasteiger partial charge in [-0.15, -0.1) is 5.73 Å². The Kier molecular flexibility index (Phi) is 3.32. The summed E-state index contributed by atoms with van der Waals surface area (Å²) in [5.41, 5.74) is 4.40. The molecule has 0 aromatic carbocycles. The van der Waals surface area contributed by atoms with Crippen molar-refractivity contribution < 1.29 is 0 Å². The quantitative estimate of drug-likeness (QED) is 0.672. The van der Waals surface area contributed by atoms with Gasteiger partial charge in [0.15, 0.2) is 0 Å². The molecule has 3 rings (SSSR count). The van der Waals surface area contributed by atoms with Crippen molar-refractivity contribution in [3.63, 3.8) is 0 Å². The number of hydrogen-bond donors (Lipinski definition) is 0. The summed E-state index contributed by atoms with van der Waals surface area (Å²) in [5.74, 6) is 0. The van der Waals surface area contributed by atoms with Gasteiger partial charge in [-0.1, -0.05) is 36.6 Å². The van der Waals surface area contributed by atoms with Gasteiger partial charge < -0.3 is 0 Å². The smallest absolute Gasteiger partial charge is 0.116 e. The van der Waals surface area contributed by atoms with Crippen LogP contribution in [-0.2, 0) is 0 Å². The van der Waals surface area contributed by atoms with Gasteiger partial charge in [-0.2, -0.15) is 0 Å². The molecule has 19 heavy (non-hydrogen) atoms. The summed E-state index contributed by atoms with van der Waals surface area (Å²) in [4.78, 5) is 10.6. The van der Waals surface area contributed by atoms with Crippen LogP contribution in [0.2, 0.25) is 0 Å². The molecule has 1 aliphatic carbocycles. The Morgan fingerprint density at radius 1 is 1.37 bits per heavy atom. The van der Waals surface area contributed by atoms with Crippen LogP contribution in [0.25, 0.3) is 12.2 Å². The maximum atomic E-state index is 4.33. The molecule has 0 radical (unpaired) electrons. The molecule has 1 aliphatic heterocycles. The van der Waals surface area contributed by atoms with E-state index in [1.54, 1.807) is 18.1 Å². The molecule has 0 N–H and O–H groups in total. The maximum absolute atomic E-state index is 4.33. The average Bonchev–Trinajstić information content (AvgIpc) is 2.59. The van der Waals surface area contributed by atoms with E-state index >= 15 is 0 Å². The van der Waals surface area contributed by atoms with Crippen LogP contribution in [0.5, 0.6) is 0 Å². The first kappa shape index (κ1) is 12.0. The minimum absolute atomic E-state index is 0.843. The Hall–Kier alpha value is -2.09. The molecule has 0 fully saturated rings. The lowest BCUT2D eigenvalue weighted by Gasteiger charge is -2.05. The zero-order valence-corrected chi connectivity index (χ0v) is 11.2. The molecule has 0 unspecified atom stereocenters. The van der Waals surface area contributed by atoms with Crippen LogP contribution < -0.4 is 10.6 Å². The van der Waals surface area contributed by atoms with Gasteiger partial charge in [-0.05, 0) is 30.2 Å². The lowest BCUT2D eigenvalue weighted by Crippen LogP contribution is -2.28. The van der Waals surface area contributed by atoms with E-state index in [1.807, 2.05) is 30.5 Å². The highest BCUT2D eigenvalue weighted by molar-refractivity contribution is 8.07. The van der Waals surface area contributed by atoms with E-state index in [2.05, 4.69) is 34.4 Å². The molecule has 1 aromatic heterocycles. The lowest BCUT2D eigenvalue weighted by molar-refractivity contribution is 1.09. The number of thioether (sulfide) groups is 1. The van der Waals surface area contributed by atoms with Gasteiger partial charge in [-0.3, -0.25) is 0 Å². The fourth-order valence-corrected chi connectivity index (χ4v) is 2.84. The second-order valence-corrected chi connectivity index (χ2v) is 5.38. The molecule has 0 saturated heterocycles. The van der Waals surface area contributed by atoms with Crippen LogP contribution in [0, 0.1) is 0 Å². The molecule has 3 heteroatoms. The third-order valence-corrected chi connectivity index (χ3v) is 3.85. The van der Waals surface area contributed by atoms with Crippen LogP contribution >= 0.6 is 11.8 Å². The van der Waals surface area contributed by atoms with Crippen LogP contribution in [-0.4, -0.2) is 9.97 Å². The van der Waals surface area contributed by atoms with Crippen molar-refractivity contribution in [3.8, 4) is 0 Å². The number of aromatic nitrogens is 2. The van der Waals surface area contributed by atoms with E-state index < -0.39 is 0 Å². The first-order valence-electron chi connectivity index (χ1n) is 6.00. The average molecular weight is 264 g/mol. The Balaban J connectivity index is 2.18. The predicted molar refractivity (Wildman–Crippen MR) is 80.4 cm³/mol. The van der Waals surface area contributed by atoms with Gasteiger partial charge in [0.05, 0.1) is 5.35 Å². The van der Waals surface area contributed by atoms with Crippen LogP contribution in [0.4, 0.5) is 0 Å². The van der Waals surface area contributed by atoms with Crippen LogP contribution in [0.3, 0.4) is 0 Å². The summed E-state index contributed by atoms with van der Waals surface area (Å²) in [6.45, 7) is 4.10. The fraction of sp³-hybridized carbons (Fsp3) is 0.0625. The molecule has 0 bridgehead atoms. The summed E-state index contributed by atoms with van der Waals surface area (Å²) in [6, 6.07) is 0. The van der Waals surface area contributed by atoms with Gasteiger partial charge in [-0.25, -0.2) is 9.97 Å². The van der Waals surface area contributed by atoms with Gasteiger partial charge in [0.2, 0.25) is 0 Å². The van der Waals surface area contributed by atoms with Crippen LogP contribution in [0.15, 0.2) is 64.5 Å². The molecule has 2 aliphatic rings. The van der Waals surface area contributed by atoms with Gasteiger partial charge in [0, 0.05) is 21.2 Å². The summed E-state index contributed by atoms with van der Waals surface area (Å²) in [7, 11) is 0. The summed E-state index contributed by atoms with van der Waals surface area (Å²) in [6.07, 6.45) is 16.5. The van der Waals surface area contributed by atoms with Crippen molar-refractivity contribution >= 4 is 23.9 Å². The van der Waals surface area contributed by atoms with E-state index in [9.17, 15) is 0 Å². The van der Waals surface area contributed by atoms with Gasteiger partial charge in [0.1, 0.15) is 6.33 Å². The normalized spacial score (nSPS) is 20.9. The van der Waals surface area contributed by atoms with E-state index in [4.69, 9.17) is 0 Å². The van der Waals surface area contributed by atoms with Crippen LogP contribution in [0.1, 0.15) is 6.42 Å². The number of fused-ring (bicyclic) bond motifs is 1. The maximum Gasteiger partial charge on any atom is 0.116 e. The molecular formula is C16H12N2S. The zero-order valence-electron chi connectivity index (χ0n) is 10.3. The highest BCUT2D eigenvalue weighted by atomic mass is 32.2. The lowest BCUT2D eigenvalue weighted by atomic mass is 10.1. The third-order valence-electron chi connectivity index (χ3n) is 2.87. The van der Waals surface area contributed by atoms with E-state index in [1.165, 1.54) is 10.5 Å². The highest BCUT2D eigenvalue weighted by Gasteiger charge is 2.06. The molecule has 0 saturated carbocycles. The third kappa shape index (κ3) is 2.68. The van der Waals surface area contributed by atoms with E-state index in [0.29, 0.717) is 0 Å². The molecule has 0 atom stereocenters. The minimum atomic E-state index is 0.843. The number of hydrogen-bond acceptors (Lipinski definition) is 3. The molecule has 0 amide bonds. The number of nitrogens with zero attached hydrogens (tertiary/aromatic N) is 2. The molecule has 0 spiro atoms. The molecular weight excluding hydrogens is 252 g/mol. The van der Waals surface area contributed by atoms with Crippen molar-refractivity contribution in [2.75, 3.05) is 0 Å². The molecule has 2 nitrogen and oxygen atoms in total. The molecule has 2 heterocycles. The Morgan fingerprint density at radius 3 is 3.26 bits per heavy atom. The number of rotatable bonds is 0. The first-order chi connectivity index (χ1) is 9.33. The fourth-order valence-electron chi connectivity index (χ4n) is 1.96.